The molecule has 0 radical (unpaired) electrons. The van der Waals surface area contributed by atoms with Gasteiger partial charge in [-0.05, 0) is 36.1 Å². The monoisotopic (exact) mass is 269 g/mol. The normalized spacial score (nSPS) is 21.1. The Morgan fingerprint density at radius 3 is 2.50 bits per heavy atom. The van der Waals surface area contributed by atoms with Gasteiger partial charge < -0.3 is 15.2 Å². The minimum Gasteiger partial charge on any atom is -0.493 e. The molecule has 0 saturated carbocycles. The Morgan fingerprint density at radius 2 is 1.70 bits per heavy atom. The van der Waals surface area contributed by atoms with E-state index in [0.717, 1.165) is 24.3 Å². The Hall–Kier alpha value is -2.00. The van der Waals surface area contributed by atoms with E-state index in [2.05, 4.69) is 18.2 Å². The summed E-state index contributed by atoms with van der Waals surface area (Å²) < 4.78 is 11.4. The number of para-hydroxylation sites is 2. The maximum Gasteiger partial charge on any atom is 0.161 e. The first-order chi connectivity index (χ1) is 9.79. The van der Waals surface area contributed by atoms with Crippen LogP contribution < -0.4 is 15.2 Å². The van der Waals surface area contributed by atoms with E-state index in [1.54, 1.807) is 7.11 Å². The molecule has 2 aromatic carbocycles. The SMILES string of the molecule is COc1ccccc1OC1CCc2ccccc2C1N. The summed E-state index contributed by atoms with van der Waals surface area (Å²) in [6.45, 7) is 0. The van der Waals surface area contributed by atoms with Crippen molar-refractivity contribution < 1.29 is 9.47 Å². The summed E-state index contributed by atoms with van der Waals surface area (Å²) in [4.78, 5) is 0. The molecule has 0 aromatic heterocycles. The van der Waals surface area contributed by atoms with Gasteiger partial charge in [0.15, 0.2) is 11.5 Å². The lowest BCUT2D eigenvalue weighted by Crippen LogP contribution is -2.35. The first-order valence-corrected chi connectivity index (χ1v) is 6.92. The summed E-state index contributed by atoms with van der Waals surface area (Å²) in [5, 5.41) is 0. The number of methoxy groups -OCH3 is 1. The molecule has 3 heteroatoms. The molecule has 1 aliphatic carbocycles. The zero-order valence-electron chi connectivity index (χ0n) is 11.6. The molecule has 104 valence electrons. The summed E-state index contributed by atoms with van der Waals surface area (Å²) in [5.74, 6) is 1.51. The van der Waals surface area contributed by atoms with Crippen molar-refractivity contribution in [2.24, 2.45) is 5.73 Å². The molecule has 0 aliphatic heterocycles. The predicted molar refractivity (Wildman–Crippen MR) is 79.1 cm³/mol. The summed E-state index contributed by atoms with van der Waals surface area (Å²) >= 11 is 0. The first kappa shape index (κ1) is 13.0. The standard InChI is InChI=1S/C17H19NO2/c1-19-14-8-4-5-9-15(14)20-16-11-10-12-6-2-3-7-13(12)17(16)18/h2-9,16-17H,10-11,18H2,1H3. The van der Waals surface area contributed by atoms with Crippen molar-refractivity contribution in [3.05, 3.63) is 59.7 Å². The predicted octanol–water partition coefficient (Wildman–Crippen LogP) is 3.09. The summed E-state index contributed by atoms with van der Waals surface area (Å²) in [7, 11) is 1.65. The van der Waals surface area contributed by atoms with Gasteiger partial charge in [-0.25, -0.2) is 0 Å². The molecule has 2 N–H and O–H groups in total. The van der Waals surface area contributed by atoms with Crippen LogP contribution in [0, 0.1) is 0 Å². The number of hydrogen-bond acceptors (Lipinski definition) is 3. The van der Waals surface area contributed by atoms with Gasteiger partial charge in [-0.2, -0.15) is 0 Å². The third kappa shape index (κ3) is 2.37. The molecular weight excluding hydrogens is 250 g/mol. The highest BCUT2D eigenvalue weighted by Gasteiger charge is 2.28. The lowest BCUT2D eigenvalue weighted by molar-refractivity contribution is 0.148. The van der Waals surface area contributed by atoms with E-state index >= 15 is 0 Å². The van der Waals surface area contributed by atoms with Crippen LogP contribution in [0.25, 0.3) is 0 Å². The van der Waals surface area contributed by atoms with Gasteiger partial charge in [-0.3, -0.25) is 0 Å². The number of aryl methyl sites for hydroxylation is 1. The molecule has 0 spiro atoms. The van der Waals surface area contributed by atoms with E-state index in [9.17, 15) is 0 Å². The Kier molecular flexibility index (Phi) is 3.61. The minimum atomic E-state index is -0.0927. The molecule has 1 aliphatic rings. The molecule has 20 heavy (non-hydrogen) atoms. The average Bonchev–Trinajstić information content (AvgIpc) is 2.51. The zero-order valence-corrected chi connectivity index (χ0v) is 11.6. The third-order valence-corrected chi connectivity index (χ3v) is 3.86. The Labute approximate surface area is 119 Å². The molecule has 3 rings (SSSR count). The minimum absolute atomic E-state index is 0.0128. The molecule has 0 fully saturated rings. The number of hydrogen-bond donors (Lipinski definition) is 1. The van der Waals surface area contributed by atoms with Gasteiger partial charge >= 0.3 is 0 Å². The maximum absolute atomic E-state index is 6.36. The molecule has 2 atom stereocenters. The van der Waals surface area contributed by atoms with Crippen molar-refractivity contribution in [3.8, 4) is 11.5 Å². The topological polar surface area (TPSA) is 44.5 Å². The summed E-state index contributed by atoms with van der Waals surface area (Å²) in [5.41, 5.74) is 8.89. The van der Waals surface area contributed by atoms with Crippen molar-refractivity contribution >= 4 is 0 Å². The number of ether oxygens (including phenoxy) is 2. The van der Waals surface area contributed by atoms with Crippen LogP contribution in [0.15, 0.2) is 48.5 Å². The van der Waals surface area contributed by atoms with E-state index in [1.165, 1.54) is 11.1 Å². The quantitative estimate of drug-likeness (QED) is 0.931. The Morgan fingerprint density at radius 1 is 1.00 bits per heavy atom. The second kappa shape index (κ2) is 5.55. The summed E-state index contributed by atoms with van der Waals surface area (Å²) in [6, 6.07) is 15.9. The fourth-order valence-corrected chi connectivity index (χ4v) is 2.78. The number of rotatable bonds is 3. The van der Waals surface area contributed by atoms with Gasteiger partial charge in [0.05, 0.1) is 13.2 Å². The van der Waals surface area contributed by atoms with Crippen molar-refractivity contribution in [2.45, 2.75) is 25.0 Å². The molecule has 0 bridgehead atoms. The van der Waals surface area contributed by atoms with Crippen LogP contribution in [0.3, 0.4) is 0 Å². The molecule has 2 aromatic rings. The molecule has 3 nitrogen and oxygen atoms in total. The average molecular weight is 269 g/mol. The van der Waals surface area contributed by atoms with Gasteiger partial charge in [0.2, 0.25) is 0 Å². The highest BCUT2D eigenvalue weighted by atomic mass is 16.5. The van der Waals surface area contributed by atoms with Crippen LogP contribution in [-0.2, 0) is 6.42 Å². The van der Waals surface area contributed by atoms with Crippen LogP contribution in [0.1, 0.15) is 23.6 Å². The summed E-state index contributed by atoms with van der Waals surface area (Å²) in [6.07, 6.45) is 1.92. The van der Waals surface area contributed by atoms with Gasteiger partial charge in [-0.15, -0.1) is 0 Å². The largest absolute Gasteiger partial charge is 0.493 e. The van der Waals surface area contributed by atoms with Gasteiger partial charge in [0, 0.05) is 0 Å². The maximum atomic E-state index is 6.36. The second-order valence-corrected chi connectivity index (χ2v) is 5.07. The van der Waals surface area contributed by atoms with Gasteiger partial charge in [0.1, 0.15) is 6.10 Å². The third-order valence-electron chi connectivity index (χ3n) is 3.86. The first-order valence-electron chi connectivity index (χ1n) is 6.92. The molecular formula is C17H19NO2. The van der Waals surface area contributed by atoms with Gasteiger partial charge in [0.25, 0.3) is 0 Å². The van der Waals surface area contributed by atoms with Crippen molar-refractivity contribution in [1.82, 2.24) is 0 Å². The van der Waals surface area contributed by atoms with Gasteiger partial charge in [-0.1, -0.05) is 36.4 Å². The molecule has 2 unspecified atom stereocenters. The lowest BCUT2D eigenvalue weighted by atomic mass is 9.86. The molecule has 0 heterocycles. The number of fused-ring (bicyclic) bond motifs is 1. The van der Waals surface area contributed by atoms with Crippen LogP contribution in [-0.4, -0.2) is 13.2 Å². The Bertz CT molecular complexity index is 597. The highest BCUT2D eigenvalue weighted by Crippen LogP contribution is 2.34. The van der Waals surface area contributed by atoms with E-state index in [4.69, 9.17) is 15.2 Å². The van der Waals surface area contributed by atoms with Crippen LogP contribution in [0.2, 0.25) is 0 Å². The zero-order chi connectivity index (χ0) is 13.9. The van der Waals surface area contributed by atoms with Crippen LogP contribution >= 0.6 is 0 Å². The van der Waals surface area contributed by atoms with Crippen molar-refractivity contribution in [3.63, 3.8) is 0 Å². The highest BCUT2D eigenvalue weighted by molar-refractivity contribution is 5.40. The Balaban J connectivity index is 1.83. The van der Waals surface area contributed by atoms with Crippen molar-refractivity contribution in [1.29, 1.82) is 0 Å². The van der Waals surface area contributed by atoms with Crippen LogP contribution in [0.5, 0.6) is 11.5 Å². The van der Waals surface area contributed by atoms with E-state index < -0.39 is 0 Å². The lowest BCUT2D eigenvalue weighted by Gasteiger charge is -2.31. The van der Waals surface area contributed by atoms with Crippen LogP contribution in [0.4, 0.5) is 0 Å². The van der Waals surface area contributed by atoms with E-state index in [1.807, 2.05) is 30.3 Å². The van der Waals surface area contributed by atoms with Crippen molar-refractivity contribution in [2.75, 3.05) is 7.11 Å². The number of nitrogens with two attached hydrogens (primary N) is 1. The van der Waals surface area contributed by atoms with E-state index in [0.29, 0.717) is 0 Å². The fourth-order valence-electron chi connectivity index (χ4n) is 2.78. The van der Waals surface area contributed by atoms with E-state index in [-0.39, 0.29) is 12.1 Å². The second-order valence-electron chi connectivity index (χ2n) is 5.07. The smallest absolute Gasteiger partial charge is 0.161 e. The molecule has 0 saturated heterocycles. The number of benzene rings is 2. The fraction of sp³-hybridized carbons (Fsp3) is 0.294. The molecule has 0 amide bonds.